The number of benzene rings is 7. The number of imidazole rings is 4. The fourth-order valence-corrected chi connectivity index (χ4v) is 19.5. The number of piperazine rings is 4. The number of pyridine rings is 4. The zero-order chi connectivity index (χ0) is 82.9. The quantitative estimate of drug-likeness (QED) is 0.114. The molecule has 23 heteroatoms. The average molecular weight is 1670 g/mol. The Labute approximate surface area is 726 Å². The Balaban J connectivity index is 0.000000104. The molecule has 0 radical (unpaired) electrons. The Kier molecular flexibility index (Phi) is 22.1. The number of thiazole rings is 1. The van der Waals surface area contributed by atoms with E-state index in [1.807, 2.05) is 65.9 Å². The van der Waals surface area contributed by atoms with Crippen LogP contribution in [-0.4, -0.2) is 205 Å². The maximum absolute atomic E-state index is 9.00. The summed E-state index contributed by atoms with van der Waals surface area (Å²) in [5, 5.41) is 12.4. The van der Waals surface area contributed by atoms with Crippen molar-refractivity contribution in [1.29, 1.82) is 5.26 Å². The normalized spacial score (nSPS) is 15.1. The van der Waals surface area contributed by atoms with Crippen molar-refractivity contribution in [2.75, 3.05) is 153 Å². The molecule has 4 saturated heterocycles. The third-order valence-electron chi connectivity index (χ3n) is 24.4. The molecule has 0 unspecified atom stereocenters. The first kappa shape index (κ1) is 78.3. The van der Waals surface area contributed by atoms with E-state index in [9.17, 15) is 0 Å². The third kappa shape index (κ3) is 16.6. The molecule has 4 aliphatic rings. The minimum Gasteiger partial charge on any atom is -0.369 e. The second-order valence-electron chi connectivity index (χ2n) is 32.2. The summed E-state index contributed by atoms with van der Waals surface area (Å²) in [6.07, 6.45) is 19.6. The molecule has 0 spiro atoms. The molecule has 0 N–H and O–H groups in total. The zero-order valence-electron chi connectivity index (χ0n) is 69.2. The number of hydrogen-bond acceptors (Lipinski definition) is 19. The summed E-state index contributed by atoms with van der Waals surface area (Å²) >= 11 is 5.10. The van der Waals surface area contributed by atoms with Gasteiger partial charge < -0.3 is 39.2 Å². The van der Waals surface area contributed by atoms with Crippen LogP contribution in [0.5, 0.6) is 0 Å². The summed E-state index contributed by atoms with van der Waals surface area (Å²) in [5.41, 5.74) is 30.6. The standard InChI is InChI=1S/C26H24N4S.C25H23N5S.C25H23N5.C24H22N6S/c1-28-12-14-29(15-13-28)22-8-6-19(7-9-22)20-10-11-30-23(18-27-26(30)17-20)25-16-21-4-2-3-5-24(21)31-25;1-28-10-12-29(13-11-28)21-5-2-18(3-6-21)19-8-9-30-23(16-26-25(30)15-19)20-4-7-24-22(14-20)27-17-31-24;1-28-12-14-29(15-13-28)23-8-6-20(7-9-23)22-10-11-30-24(18-27-25(30)16-22)21-4-2-19(17-26)3-5-21;1-28-10-12-29(13-11-28)19-4-2-17(3-5-19)18-6-9-30-21(15-27-22(30)14-18)20-16-31-24-23(20)25-7-8-26-24/h2-11,16-18H,12-15H2,1H3;2-9,14-17H,10-13H2,1H3;2-11,16,18H,12-15H2,1H3;2-9,14-16H,10-13H2,1H3. The van der Waals surface area contributed by atoms with Crippen LogP contribution in [0.3, 0.4) is 0 Å². The van der Waals surface area contributed by atoms with Gasteiger partial charge in [-0.3, -0.25) is 22.6 Å². The van der Waals surface area contributed by atoms with Gasteiger partial charge >= 0.3 is 0 Å². The topological polar surface area (TPSA) is 158 Å². The van der Waals surface area contributed by atoms with E-state index < -0.39 is 0 Å². The molecule has 16 heterocycles. The monoisotopic (exact) mass is 1670 g/mol. The van der Waals surface area contributed by atoms with Gasteiger partial charge in [-0.15, -0.1) is 34.0 Å². The lowest BCUT2D eigenvalue weighted by Crippen LogP contribution is -2.44. The minimum absolute atomic E-state index is 0.662. The van der Waals surface area contributed by atoms with Crippen molar-refractivity contribution in [3.05, 3.63) is 297 Å². The van der Waals surface area contributed by atoms with Gasteiger partial charge in [0.25, 0.3) is 0 Å². The molecule has 610 valence electrons. The number of hydrogen-bond donors (Lipinski definition) is 0. The van der Waals surface area contributed by atoms with Crippen molar-refractivity contribution in [3.8, 4) is 94.9 Å². The zero-order valence-corrected chi connectivity index (χ0v) is 71.6. The molecule has 19 aromatic rings. The molecule has 0 saturated carbocycles. The highest BCUT2D eigenvalue weighted by atomic mass is 32.1. The molecule has 0 amide bonds. The molecular formula is C100H92N20S3. The Morgan fingerprint density at radius 2 is 0.699 bits per heavy atom. The van der Waals surface area contributed by atoms with Crippen molar-refractivity contribution in [3.63, 3.8) is 0 Å². The van der Waals surface area contributed by atoms with E-state index in [4.69, 9.17) is 10.2 Å². The lowest BCUT2D eigenvalue weighted by Gasteiger charge is -2.34. The van der Waals surface area contributed by atoms with E-state index in [2.05, 4.69) is 345 Å². The molecule has 12 aromatic heterocycles. The van der Waals surface area contributed by atoms with E-state index in [1.165, 1.54) is 81.4 Å². The number of aromatic nitrogens is 11. The molecule has 20 nitrogen and oxygen atoms in total. The molecular weight excluding hydrogens is 1580 g/mol. The van der Waals surface area contributed by atoms with Crippen molar-refractivity contribution in [2.24, 2.45) is 0 Å². The van der Waals surface area contributed by atoms with Gasteiger partial charge in [0.15, 0.2) is 0 Å². The molecule has 123 heavy (non-hydrogen) atoms. The van der Waals surface area contributed by atoms with Crippen molar-refractivity contribution >= 4 is 110 Å². The highest BCUT2D eigenvalue weighted by Gasteiger charge is 2.22. The van der Waals surface area contributed by atoms with Gasteiger partial charge in [-0.2, -0.15) is 5.26 Å². The number of nitrogens with zero attached hydrogens (tertiary/aromatic N) is 20. The van der Waals surface area contributed by atoms with E-state index in [1.54, 1.807) is 35.1 Å². The smallest absolute Gasteiger partial charge is 0.142 e. The van der Waals surface area contributed by atoms with E-state index in [0.717, 1.165) is 188 Å². The second kappa shape index (κ2) is 34.7. The molecule has 7 aromatic carbocycles. The number of thiophene rings is 2. The molecule has 4 fully saturated rings. The van der Waals surface area contributed by atoms with Crippen LogP contribution in [0.1, 0.15) is 5.56 Å². The highest BCUT2D eigenvalue weighted by Crippen LogP contribution is 2.38. The van der Waals surface area contributed by atoms with E-state index in [-0.39, 0.29) is 0 Å². The van der Waals surface area contributed by atoms with Crippen LogP contribution in [0.15, 0.2) is 291 Å². The van der Waals surface area contributed by atoms with Gasteiger partial charge in [0.05, 0.1) is 79.8 Å². The Hall–Kier alpha value is -13.3. The SMILES string of the molecule is CN1CCN(c2ccc(-c3ccn4c(-c5cc6ccccc6s5)cnc4c3)cc2)CC1.CN1CCN(c2ccc(-c3ccn4c(-c5ccc(C#N)cc5)cnc4c3)cc2)CC1.CN1CCN(c2ccc(-c3ccn4c(-c5ccc6scnc6c5)cnc4c3)cc2)CC1.CN1CCN(c2ccc(-c3ccn4c(-c5csc6nccnc56)cnc4c3)cc2)CC1. The summed E-state index contributed by atoms with van der Waals surface area (Å²) in [6.45, 7) is 17.6. The maximum atomic E-state index is 9.00. The lowest BCUT2D eigenvalue weighted by molar-refractivity contribution is 0.313. The van der Waals surface area contributed by atoms with Gasteiger partial charge in [0.1, 0.15) is 32.9 Å². The van der Waals surface area contributed by atoms with Gasteiger partial charge in [0.2, 0.25) is 0 Å². The molecule has 4 aliphatic heterocycles. The number of likely N-dealkylation sites (N-methyl/N-ethyl adjacent to an activating group) is 4. The van der Waals surface area contributed by atoms with Crippen molar-refractivity contribution < 1.29 is 0 Å². The lowest BCUT2D eigenvalue weighted by atomic mass is 10.1. The number of anilines is 4. The van der Waals surface area contributed by atoms with Crippen molar-refractivity contribution in [2.45, 2.75) is 0 Å². The van der Waals surface area contributed by atoms with Crippen LogP contribution in [0.25, 0.3) is 142 Å². The van der Waals surface area contributed by atoms with Gasteiger partial charge in [-0.1, -0.05) is 84.9 Å². The first-order valence-electron chi connectivity index (χ1n) is 42.0. The van der Waals surface area contributed by atoms with Gasteiger partial charge in [0, 0.05) is 191 Å². The number of fused-ring (bicyclic) bond motifs is 7. The van der Waals surface area contributed by atoms with Crippen LogP contribution in [0, 0.1) is 11.3 Å². The molecule has 0 aliphatic carbocycles. The van der Waals surface area contributed by atoms with Crippen LogP contribution < -0.4 is 19.6 Å². The predicted molar refractivity (Wildman–Crippen MR) is 507 cm³/mol. The Morgan fingerprint density at radius 3 is 1.14 bits per heavy atom. The number of rotatable bonds is 12. The van der Waals surface area contributed by atoms with Crippen LogP contribution in [-0.2, 0) is 0 Å². The Bertz CT molecular complexity index is 6780. The minimum atomic E-state index is 0.662. The Morgan fingerprint density at radius 1 is 0.317 bits per heavy atom. The summed E-state index contributed by atoms with van der Waals surface area (Å²) in [4.78, 5) is 53.6. The van der Waals surface area contributed by atoms with Gasteiger partial charge in [-0.05, 0) is 212 Å². The molecule has 0 bridgehead atoms. The van der Waals surface area contributed by atoms with Crippen LogP contribution in [0.2, 0.25) is 0 Å². The largest absolute Gasteiger partial charge is 0.369 e. The van der Waals surface area contributed by atoms with Gasteiger partial charge in [-0.25, -0.2) is 29.9 Å². The average Bonchev–Trinajstić information content (AvgIpc) is 1.64. The first-order chi connectivity index (χ1) is 60.5. The summed E-state index contributed by atoms with van der Waals surface area (Å²) in [6, 6.07) is 79.9. The summed E-state index contributed by atoms with van der Waals surface area (Å²) < 4.78 is 11.1. The molecule has 0 atom stereocenters. The maximum Gasteiger partial charge on any atom is 0.142 e. The second-order valence-corrected chi connectivity index (χ2v) is 35.1. The van der Waals surface area contributed by atoms with Crippen LogP contribution >= 0.6 is 34.0 Å². The summed E-state index contributed by atoms with van der Waals surface area (Å²) in [5.74, 6) is 0. The fraction of sp³-hybridized carbons (Fsp3) is 0.200. The number of nitriles is 1. The highest BCUT2D eigenvalue weighted by molar-refractivity contribution is 7.22. The summed E-state index contributed by atoms with van der Waals surface area (Å²) in [7, 11) is 8.75. The first-order valence-corrected chi connectivity index (χ1v) is 44.6. The molecule has 23 rings (SSSR count). The van der Waals surface area contributed by atoms with E-state index >= 15 is 0 Å². The third-order valence-corrected chi connectivity index (χ3v) is 27.3. The fourth-order valence-electron chi connectivity index (χ4n) is 17.0. The van der Waals surface area contributed by atoms with Crippen LogP contribution in [0.4, 0.5) is 22.7 Å². The van der Waals surface area contributed by atoms with Crippen molar-refractivity contribution in [1.82, 2.24) is 72.1 Å². The predicted octanol–water partition coefficient (Wildman–Crippen LogP) is 19.4. The van der Waals surface area contributed by atoms with E-state index in [0.29, 0.717) is 5.56 Å².